The summed E-state index contributed by atoms with van der Waals surface area (Å²) < 4.78 is 1.35. The van der Waals surface area contributed by atoms with Gasteiger partial charge in [-0.3, -0.25) is 9.55 Å². The molecule has 2 rings (SSSR count). The first-order chi connectivity index (χ1) is 7.72. The van der Waals surface area contributed by atoms with E-state index in [4.69, 9.17) is 12.3 Å². The zero-order valence-corrected chi connectivity index (χ0v) is 8.47. The van der Waals surface area contributed by atoms with Crippen LogP contribution in [0.25, 0.3) is 4.85 Å². The van der Waals surface area contributed by atoms with Gasteiger partial charge in [-0.1, -0.05) is 36.9 Å². The predicted molar refractivity (Wildman–Crippen MR) is 61.3 cm³/mol. The minimum absolute atomic E-state index is 0.0981. The highest BCUT2D eigenvalue weighted by Crippen LogP contribution is 2.17. The Hall–Kier alpha value is -2.48. The Morgan fingerprint density at radius 1 is 1.38 bits per heavy atom. The van der Waals surface area contributed by atoms with Crippen molar-refractivity contribution in [1.29, 1.82) is 0 Å². The fraction of sp³-hybridized carbons (Fsp3) is 0.0909. The molecule has 5 heteroatoms. The summed E-state index contributed by atoms with van der Waals surface area (Å²) in [7, 11) is 0. The van der Waals surface area contributed by atoms with Crippen molar-refractivity contribution in [3.05, 3.63) is 57.8 Å². The van der Waals surface area contributed by atoms with Crippen LogP contribution in [0.2, 0.25) is 0 Å². The molecule has 3 N–H and O–H groups in total. The van der Waals surface area contributed by atoms with Gasteiger partial charge in [-0.05, 0) is 5.56 Å². The number of nitrogens with zero attached hydrogens (tertiary/aromatic N) is 2. The fourth-order valence-corrected chi connectivity index (χ4v) is 1.48. The molecule has 16 heavy (non-hydrogen) atoms. The van der Waals surface area contributed by atoms with Gasteiger partial charge in [0.25, 0.3) is 5.82 Å². The maximum absolute atomic E-state index is 11.5. The van der Waals surface area contributed by atoms with E-state index in [0.717, 1.165) is 5.56 Å². The number of nitrogens with one attached hydrogen (secondary N) is 1. The lowest BCUT2D eigenvalue weighted by molar-refractivity contribution is 0.772. The normalized spacial score (nSPS) is 9.94. The van der Waals surface area contributed by atoms with Gasteiger partial charge >= 0.3 is 5.69 Å². The topological polar surface area (TPSA) is 68.2 Å². The molecular weight excluding hydrogens is 204 g/mol. The van der Waals surface area contributed by atoms with Crippen LogP contribution in [-0.4, -0.2) is 9.55 Å². The fourth-order valence-electron chi connectivity index (χ4n) is 1.48. The molecule has 80 valence electrons. The molecule has 0 amide bonds. The van der Waals surface area contributed by atoms with Crippen LogP contribution in [0.3, 0.4) is 0 Å². The first-order valence-electron chi connectivity index (χ1n) is 4.72. The van der Waals surface area contributed by atoms with E-state index in [1.54, 1.807) is 0 Å². The Bertz CT molecular complexity index is 589. The molecule has 1 aromatic heterocycles. The van der Waals surface area contributed by atoms with Crippen LogP contribution in [0.5, 0.6) is 0 Å². The van der Waals surface area contributed by atoms with Crippen LogP contribution >= 0.6 is 0 Å². The summed E-state index contributed by atoms with van der Waals surface area (Å²) in [5.74, 6) is 0.282. The summed E-state index contributed by atoms with van der Waals surface area (Å²) in [6.45, 7) is 7.21. The van der Waals surface area contributed by atoms with Gasteiger partial charge < -0.3 is 10.6 Å². The van der Waals surface area contributed by atoms with Crippen LogP contribution in [0.4, 0.5) is 11.6 Å². The van der Waals surface area contributed by atoms with E-state index in [0.29, 0.717) is 6.54 Å². The second kappa shape index (κ2) is 3.95. The summed E-state index contributed by atoms with van der Waals surface area (Å²) in [5, 5.41) is 0. The van der Waals surface area contributed by atoms with Crippen molar-refractivity contribution in [2.45, 2.75) is 6.54 Å². The highest BCUT2D eigenvalue weighted by molar-refractivity contribution is 5.57. The minimum Gasteiger partial charge on any atom is -0.393 e. The lowest BCUT2D eigenvalue weighted by Crippen LogP contribution is -2.19. The zero-order chi connectivity index (χ0) is 11.5. The van der Waals surface area contributed by atoms with Crippen molar-refractivity contribution in [2.24, 2.45) is 0 Å². The Morgan fingerprint density at radius 2 is 2.06 bits per heavy atom. The monoisotopic (exact) mass is 214 g/mol. The number of anilines is 1. The molecule has 0 spiro atoms. The van der Waals surface area contributed by atoms with E-state index < -0.39 is 0 Å². The molecule has 0 aliphatic rings. The summed E-state index contributed by atoms with van der Waals surface area (Å²) in [6.07, 6.45) is 0. The zero-order valence-electron chi connectivity index (χ0n) is 8.47. The van der Waals surface area contributed by atoms with Gasteiger partial charge in [-0.2, -0.15) is 0 Å². The van der Waals surface area contributed by atoms with Crippen LogP contribution in [0.15, 0.2) is 35.1 Å². The molecule has 0 bridgehead atoms. The van der Waals surface area contributed by atoms with Crippen LogP contribution in [0.1, 0.15) is 5.56 Å². The molecule has 0 saturated carbocycles. The standard InChI is InChI=1S/C11H10N4O/c1-13-10-9(12)15(11(16)14-10)7-8-5-3-2-4-6-8/h2-6H,7,12H2,(H,14,16). The number of nitrogens with two attached hydrogens (primary N) is 1. The molecule has 5 nitrogen and oxygen atoms in total. The third-order valence-corrected chi connectivity index (χ3v) is 2.30. The SMILES string of the molecule is [C-]#[N+]c1[nH]c(=O)n(Cc2ccccc2)c1N. The van der Waals surface area contributed by atoms with Gasteiger partial charge in [0.1, 0.15) is 5.82 Å². The number of nitrogen functional groups attached to an aromatic ring is 1. The van der Waals surface area contributed by atoms with Gasteiger partial charge in [0.05, 0.1) is 6.54 Å². The van der Waals surface area contributed by atoms with Gasteiger partial charge in [0.15, 0.2) is 0 Å². The average molecular weight is 214 g/mol. The summed E-state index contributed by atoms with van der Waals surface area (Å²) in [5.41, 5.74) is 6.29. The van der Waals surface area contributed by atoms with Crippen molar-refractivity contribution >= 4 is 11.6 Å². The lowest BCUT2D eigenvalue weighted by Gasteiger charge is -2.03. The number of imidazole rings is 1. The molecule has 0 aliphatic carbocycles. The molecule has 2 aromatic rings. The van der Waals surface area contributed by atoms with E-state index in [9.17, 15) is 4.79 Å². The van der Waals surface area contributed by atoms with Crippen LogP contribution in [-0.2, 0) is 6.54 Å². The molecule has 1 aromatic carbocycles. The van der Waals surface area contributed by atoms with E-state index in [1.165, 1.54) is 4.57 Å². The van der Waals surface area contributed by atoms with Gasteiger partial charge in [0, 0.05) is 0 Å². The predicted octanol–water partition coefficient (Wildman–Crippen LogP) is 1.36. The number of H-pyrrole nitrogens is 1. The maximum Gasteiger partial charge on any atom is 0.398 e. The van der Waals surface area contributed by atoms with Crippen molar-refractivity contribution < 1.29 is 0 Å². The minimum atomic E-state index is -0.354. The Balaban J connectivity index is 2.40. The third-order valence-electron chi connectivity index (χ3n) is 2.30. The average Bonchev–Trinajstić information content (AvgIpc) is 2.58. The first kappa shape index (κ1) is 10.1. The Morgan fingerprint density at radius 3 is 2.62 bits per heavy atom. The molecule has 0 aliphatic heterocycles. The number of aromatic nitrogens is 2. The van der Waals surface area contributed by atoms with E-state index in [-0.39, 0.29) is 17.3 Å². The molecule has 0 fully saturated rings. The highest BCUT2D eigenvalue weighted by Gasteiger charge is 2.11. The summed E-state index contributed by atoms with van der Waals surface area (Å²) >= 11 is 0. The number of hydrogen-bond acceptors (Lipinski definition) is 2. The van der Waals surface area contributed by atoms with Crippen molar-refractivity contribution in [2.75, 3.05) is 5.73 Å². The second-order valence-corrected chi connectivity index (χ2v) is 3.35. The Kier molecular flexibility index (Phi) is 2.48. The summed E-state index contributed by atoms with van der Waals surface area (Å²) in [6, 6.07) is 9.47. The van der Waals surface area contributed by atoms with Crippen molar-refractivity contribution in [3.63, 3.8) is 0 Å². The number of hydrogen-bond donors (Lipinski definition) is 2. The van der Waals surface area contributed by atoms with Crippen LogP contribution < -0.4 is 11.4 Å². The number of rotatable bonds is 2. The molecule has 0 atom stereocenters. The molecule has 0 radical (unpaired) electrons. The van der Waals surface area contributed by atoms with Gasteiger partial charge in [0.2, 0.25) is 0 Å². The molecule has 1 heterocycles. The van der Waals surface area contributed by atoms with E-state index >= 15 is 0 Å². The second-order valence-electron chi connectivity index (χ2n) is 3.35. The van der Waals surface area contributed by atoms with Crippen LogP contribution in [0, 0.1) is 6.57 Å². The van der Waals surface area contributed by atoms with Crippen molar-refractivity contribution in [1.82, 2.24) is 9.55 Å². The maximum atomic E-state index is 11.5. The Labute approximate surface area is 92.0 Å². The quantitative estimate of drug-likeness (QED) is 0.741. The van der Waals surface area contributed by atoms with Crippen molar-refractivity contribution in [3.8, 4) is 0 Å². The lowest BCUT2D eigenvalue weighted by atomic mass is 10.2. The number of aromatic amines is 1. The third kappa shape index (κ3) is 1.68. The highest BCUT2D eigenvalue weighted by atomic mass is 16.1. The van der Waals surface area contributed by atoms with Gasteiger partial charge in [-0.15, -0.1) is 0 Å². The largest absolute Gasteiger partial charge is 0.398 e. The molecule has 0 unspecified atom stereocenters. The molecular formula is C11H10N4O. The summed E-state index contributed by atoms with van der Waals surface area (Å²) in [4.78, 5) is 17.1. The van der Waals surface area contributed by atoms with E-state index in [2.05, 4.69) is 9.83 Å². The molecule has 0 saturated heterocycles. The smallest absolute Gasteiger partial charge is 0.393 e. The first-order valence-corrected chi connectivity index (χ1v) is 4.72. The van der Waals surface area contributed by atoms with E-state index in [1.807, 2.05) is 30.3 Å². The van der Waals surface area contributed by atoms with Gasteiger partial charge in [-0.25, -0.2) is 4.79 Å². The number of benzene rings is 1.